The molecule has 0 aliphatic heterocycles. The summed E-state index contributed by atoms with van der Waals surface area (Å²) in [6.45, 7) is 4.93. The minimum atomic E-state index is -1.02. The Labute approximate surface area is 77.0 Å². The number of rotatable bonds is 5. The van der Waals surface area contributed by atoms with Crippen LogP contribution in [-0.4, -0.2) is 37.6 Å². The molecule has 0 radical (unpaired) electrons. The Morgan fingerprint density at radius 3 is 2.83 bits per heavy atom. The van der Waals surface area contributed by atoms with Crippen molar-refractivity contribution in [2.45, 2.75) is 19.3 Å². The normalized spacial score (nSPS) is 13.5. The number of ether oxygens (including phenoxy) is 1. The molecule has 0 rings (SSSR count). The fourth-order valence-corrected chi connectivity index (χ4v) is 1.76. The van der Waals surface area contributed by atoms with Gasteiger partial charge in [0.25, 0.3) is 0 Å². The maximum atomic E-state index is 10.8. The second kappa shape index (κ2) is 6.12. The van der Waals surface area contributed by atoms with E-state index in [0.29, 0.717) is 22.1 Å². The lowest BCUT2D eigenvalue weighted by Gasteiger charge is -2.10. The van der Waals surface area contributed by atoms with Gasteiger partial charge >= 0.3 is 5.97 Å². The molecule has 0 saturated carbocycles. The third-order valence-corrected chi connectivity index (χ3v) is 3.52. The zero-order valence-electron chi connectivity index (χ0n) is 7.37. The summed E-state index contributed by atoms with van der Waals surface area (Å²) in [5, 5.41) is 9.09. The van der Waals surface area contributed by atoms with Crippen LogP contribution in [0, 0.1) is 0 Å². The first kappa shape index (κ1) is 11.6. The van der Waals surface area contributed by atoms with Gasteiger partial charge in [-0.25, -0.2) is 4.79 Å². The van der Waals surface area contributed by atoms with Gasteiger partial charge in [-0.05, 0) is 6.92 Å². The van der Waals surface area contributed by atoms with Crippen molar-refractivity contribution in [2.24, 2.45) is 0 Å². The van der Waals surface area contributed by atoms with E-state index in [0.717, 1.165) is 0 Å². The molecule has 1 N–H and O–H groups in total. The lowest BCUT2D eigenvalue weighted by atomic mass is 10.4. The predicted molar refractivity (Wildman–Crippen MR) is 51.3 cm³/mol. The topological polar surface area (TPSA) is 55.8 Å². The molecule has 12 heavy (non-hydrogen) atoms. The first-order chi connectivity index (χ1) is 5.57. The largest absolute Gasteiger partial charge is 0.468 e. The SMILES string of the molecule is C=C(C)C(=O)OC(O)C[SiH2]O[SiH3]. The molecular weight excluding hydrogens is 192 g/mol. The Morgan fingerprint density at radius 2 is 2.42 bits per heavy atom. The van der Waals surface area contributed by atoms with E-state index < -0.39 is 22.0 Å². The van der Waals surface area contributed by atoms with Gasteiger partial charge in [0.1, 0.15) is 10.5 Å². The summed E-state index contributed by atoms with van der Waals surface area (Å²) in [6, 6.07) is 0.447. The molecule has 0 fully saturated rings. The number of hydrogen-bond acceptors (Lipinski definition) is 4. The fraction of sp³-hybridized carbons (Fsp3) is 0.500. The van der Waals surface area contributed by atoms with E-state index in [1.807, 2.05) is 0 Å². The van der Waals surface area contributed by atoms with Crippen LogP contribution in [0.4, 0.5) is 0 Å². The lowest BCUT2D eigenvalue weighted by Crippen LogP contribution is -2.19. The molecule has 0 saturated heterocycles. The molecule has 4 nitrogen and oxygen atoms in total. The average Bonchev–Trinajstić information content (AvgIpc) is 2.00. The third kappa shape index (κ3) is 5.25. The van der Waals surface area contributed by atoms with Gasteiger partial charge in [0, 0.05) is 11.6 Å². The molecule has 1 unspecified atom stereocenters. The minimum absolute atomic E-state index is 0.294. The summed E-state index contributed by atoms with van der Waals surface area (Å²) < 4.78 is 9.56. The monoisotopic (exact) mass is 206 g/mol. The van der Waals surface area contributed by atoms with Crippen molar-refractivity contribution in [3.63, 3.8) is 0 Å². The molecule has 70 valence electrons. The highest BCUT2D eigenvalue weighted by atomic mass is 28.3. The molecule has 0 aromatic heterocycles. The summed E-state index contributed by atoms with van der Waals surface area (Å²) in [7, 11) is -0.00588. The number of carbonyl (C=O) groups is 1. The van der Waals surface area contributed by atoms with E-state index in [4.69, 9.17) is 9.22 Å². The number of carbonyl (C=O) groups excluding carboxylic acids is 1. The number of aliphatic hydroxyl groups excluding tert-OH is 1. The van der Waals surface area contributed by atoms with E-state index in [9.17, 15) is 4.79 Å². The van der Waals surface area contributed by atoms with Gasteiger partial charge < -0.3 is 14.0 Å². The summed E-state index contributed by atoms with van der Waals surface area (Å²) in [4.78, 5) is 10.8. The van der Waals surface area contributed by atoms with Gasteiger partial charge in [0.05, 0.1) is 0 Å². The van der Waals surface area contributed by atoms with Gasteiger partial charge in [-0.1, -0.05) is 6.58 Å². The molecule has 0 aliphatic carbocycles. The van der Waals surface area contributed by atoms with Crippen LogP contribution < -0.4 is 0 Å². The second-order valence-electron chi connectivity index (χ2n) is 2.42. The smallest absolute Gasteiger partial charge is 0.335 e. The highest BCUT2D eigenvalue weighted by Gasteiger charge is 2.10. The second-order valence-corrected chi connectivity index (χ2v) is 5.72. The molecule has 1 atom stereocenters. The van der Waals surface area contributed by atoms with Crippen molar-refractivity contribution in [3.8, 4) is 0 Å². The molecule has 0 bridgehead atoms. The molecule has 0 amide bonds. The molecule has 0 aromatic carbocycles. The van der Waals surface area contributed by atoms with Crippen molar-refractivity contribution in [1.29, 1.82) is 0 Å². The quantitative estimate of drug-likeness (QED) is 0.250. The van der Waals surface area contributed by atoms with Crippen LogP contribution in [0.25, 0.3) is 0 Å². The number of hydrogen-bond donors (Lipinski definition) is 1. The lowest BCUT2D eigenvalue weighted by molar-refractivity contribution is -0.159. The first-order valence-corrected chi connectivity index (χ1v) is 6.00. The molecule has 0 heterocycles. The highest BCUT2D eigenvalue weighted by Crippen LogP contribution is 1.99. The average molecular weight is 206 g/mol. The van der Waals surface area contributed by atoms with E-state index in [2.05, 4.69) is 11.3 Å². The molecule has 0 spiro atoms. The summed E-state index contributed by atoms with van der Waals surface area (Å²) in [6.07, 6.45) is -1.02. The van der Waals surface area contributed by atoms with Crippen molar-refractivity contribution < 1.29 is 18.8 Å². The Bertz CT molecular complexity index is 171. The van der Waals surface area contributed by atoms with Crippen LogP contribution in [0.3, 0.4) is 0 Å². The number of esters is 1. The molecule has 0 aliphatic rings. The zero-order chi connectivity index (χ0) is 9.56. The van der Waals surface area contributed by atoms with Crippen LogP contribution in [-0.2, 0) is 13.6 Å². The van der Waals surface area contributed by atoms with E-state index in [1.165, 1.54) is 6.92 Å². The molecule has 0 aromatic rings. The Balaban J connectivity index is 3.61. The summed E-state index contributed by atoms with van der Waals surface area (Å²) in [5.74, 6) is -0.551. The Kier molecular flexibility index (Phi) is 5.90. The predicted octanol–water partition coefficient (Wildman–Crippen LogP) is -1.78. The maximum absolute atomic E-state index is 10.8. The van der Waals surface area contributed by atoms with Crippen LogP contribution in [0.15, 0.2) is 12.2 Å². The van der Waals surface area contributed by atoms with Crippen LogP contribution in [0.1, 0.15) is 6.92 Å². The van der Waals surface area contributed by atoms with Crippen LogP contribution in [0.5, 0.6) is 0 Å². The van der Waals surface area contributed by atoms with Crippen molar-refractivity contribution >= 4 is 26.2 Å². The Morgan fingerprint density at radius 1 is 1.83 bits per heavy atom. The van der Waals surface area contributed by atoms with Crippen molar-refractivity contribution in [3.05, 3.63) is 12.2 Å². The standard InChI is InChI=1S/C6H14O4Si2/c1-4(2)6(8)9-5(7)3-12-10-11/h5,7H,1,3,12H2,2,11H3. The highest BCUT2D eigenvalue weighted by molar-refractivity contribution is 6.34. The van der Waals surface area contributed by atoms with Crippen LogP contribution >= 0.6 is 0 Å². The van der Waals surface area contributed by atoms with Crippen LogP contribution in [0.2, 0.25) is 6.04 Å². The first-order valence-electron chi connectivity index (χ1n) is 3.61. The van der Waals surface area contributed by atoms with E-state index in [-0.39, 0.29) is 0 Å². The molecular formula is C6H14O4Si2. The van der Waals surface area contributed by atoms with Gasteiger partial charge in [-0.3, -0.25) is 0 Å². The fourth-order valence-electron chi connectivity index (χ4n) is 0.502. The molecule has 6 heteroatoms. The zero-order valence-corrected chi connectivity index (χ0v) is 10.8. The van der Waals surface area contributed by atoms with Crippen molar-refractivity contribution in [1.82, 2.24) is 0 Å². The van der Waals surface area contributed by atoms with E-state index >= 15 is 0 Å². The van der Waals surface area contributed by atoms with Crippen molar-refractivity contribution in [2.75, 3.05) is 0 Å². The summed E-state index contributed by atoms with van der Waals surface area (Å²) >= 11 is 0. The van der Waals surface area contributed by atoms with Gasteiger partial charge in [-0.2, -0.15) is 0 Å². The van der Waals surface area contributed by atoms with Gasteiger partial charge in [-0.15, -0.1) is 0 Å². The van der Waals surface area contributed by atoms with Gasteiger partial charge in [0.15, 0.2) is 16.1 Å². The number of aliphatic hydroxyl groups is 1. The maximum Gasteiger partial charge on any atom is 0.335 e. The minimum Gasteiger partial charge on any atom is -0.468 e. The van der Waals surface area contributed by atoms with E-state index in [1.54, 1.807) is 0 Å². The Hall–Kier alpha value is -0.436. The third-order valence-electron chi connectivity index (χ3n) is 1.16. The van der Waals surface area contributed by atoms with Gasteiger partial charge in [0.2, 0.25) is 0 Å². The summed E-state index contributed by atoms with van der Waals surface area (Å²) in [5.41, 5.74) is 0.294.